The number of aromatic nitrogens is 2. The van der Waals surface area contributed by atoms with Gasteiger partial charge in [-0.3, -0.25) is 0 Å². The highest BCUT2D eigenvalue weighted by molar-refractivity contribution is 5.30. The Balaban J connectivity index is 2.13. The molecule has 1 aromatic heterocycles. The van der Waals surface area contributed by atoms with Gasteiger partial charge < -0.3 is 14.6 Å². The van der Waals surface area contributed by atoms with Gasteiger partial charge in [-0.05, 0) is 24.6 Å². The molecule has 18 heavy (non-hydrogen) atoms. The first-order valence-electron chi connectivity index (χ1n) is 5.52. The Labute approximate surface area is 105 Å². The largest absolute Gasteiger partial charge is 0.481 e. The number of aliphatic hydroxyl groups is 1. The fraction of sp³-hybridized carbons (Fsp3) is 0.231. The predicted molar refractivity (Wildman–Crippen MR) is 65.7 cm³/mol. The Hall–Kier alpha value is -2.14. The number of hydrogen-bond donors (Lipinski definition) is 1. The van der Waals surface area contributed by atoms with Crippen molar-refractivity contribution >= 4 is 0 Å². The first kappa shape index (κ1) is 12.3. The van der Waals surface area contributed by atoms with Crippen molar-refractivity contribution < 1.29 is 14.6 Å². The zero-order valence-corrected chi connectivity index (χ0v) is 10.2. The minimum absolute atomic E-state index is 0.221. The van der Waals surface area contributed by atoms with E-state index in [1.165, 1.54) is 7.11 Å². The standard InChI is InChI=1S/C13H14N2O3/c1-9(16)10-3-5-11(6-4-10)18-13-14-8-7-12(15-13)17-2/h3-9,16H,1-2H3/t9-/m1/s1. The molecule has 5 heteroatoms. The number of benzene rings is 1. The van der Waals surface area contributed by atoms with E-state index in [4.69, 9.17) is 9.47 Å². The number of aliphatic hydroxyl groups excluding tert-OH is 1. The van der Waals surface area contributed by atoms with E-state index < -0.39 is 6.10 Å². The third kappa shape index (κ3) is 2.95. The third-order valence-electron chi connectivity index (χ3n) is 2.39. The van der Waals surface area contributed by atoms with Crippen LogP contribution < -0.4 is 9.47 Å². The molecule has 1 aromatic carbocycles. The summed E-state index contributed by atoms with van der Waals surface area (Å²) in [4.78, 5) is 8.02. The normalized spacial score (nSPS) is 11.9. The van der Waals surface area contributed by atoms with Gasteiger partial charge in [0.15, 0.2) is 0 Å². The second-order valence-corrected chi connectivity index (χ2v) is 3.73. The van der Waals surface area contributed by atoms with E-state index in [1.807, 2.05) is 0 Å². The highest BCUT2D eigenvalue weighted by Crippen LogP contribution is 2.21. The summed E-state index contributed by atoms with van der Waals surface area (Å²) in [5.74, 6) is 1.05. The first-order chi connectivity index (χ1) is 8.69. The summed E-state index contributed by atoms with van der Waals surface area (Å²) >= 11 is 0. The first-order valence-corrected chi connectivity index (χ1v) is 5.52. The molecule has 94 valence electrons. The molecular formula is C13H14N2O3. The van der Waals surface area contributed by atoms with Gasteiger partial charge in [0.25, 0.3) is 0 Å². The van der Waals surface area contributed by atoms with Crippen molar-refractivity contribution in [2.24, 2.45) is 0 Å². The zero-order chi connectivity index (χ0) is 13.0. The fourth-order valence-electron chi connectivity index (χ4n) is 1.41. The van der Waals surface area contributed by atoms with Crippen molar-refractivity contribution in [3.05, 3.63) is 42.1 Å². The molecule has 1 N–H and O–H groups in total. The van der Waals surface area contributed by atoms with Crippen molar-refractivity contribution in [1.29, 1.82) is 0 Å². The maximum Gasteiger partial charge on any atom is 0.325 e. The van der Waals surface area contributed by atoms with Gasteiger partial charge in [0, 0.05) is 12.3 Å². The number of hydrogen-bond acceptors (Lipinski definition) is 5. The average molecular weight is 246 g/mol. The van der Waals surface area contributed by atoms with E-state index in [0.717, 1.165) is 5.56 Å². The van der Waals surface area contributed by atoms with Gasteiger partial charge in [-0.1, -0.05) is 12.1 Å². The number of ether oxygens (including phenoxy) is 2. The summed E-state index contributed by atoms with van der Waals surface area (Å²) in [5, 5.41) is 9.39. The minimum atomic E-state index is -0.493. The molecule has 1 atom stereocenters. The lowest BCUT2D eigenvalue weighted by molar-refractivity contribution is 0.199. The maximum atomic E-state index is 9.39. The smallest absolute Gasteiger partial charge is 0.325 e. The third-order valence-corrected chi connectivity index (χ3v) is 2.39. The number of rotatable bonds is 4. The molecule has 0 radical (unpaired) electrons. The van der Waals surface area contributed by atoms with Gasteiger partial charge in [0.1, 0.15) is 5.75 Å². The molecule has 0 bridgehead atoms. The summed E-state index contributed by atoms with van der Waals surface area (Å²) in [7, 11) is 1.53. The maximum absolute atomic E-state index is 9.39. The van der Waals surface area contributed by atoms with Crippen molar-refractivity contribution in [2.45, 2.75) is 13.0 Å². The molecule has 1 heterocycles. The molecule has 0 aliphatic heterocycles. The molecule has 0 unspecified atom stereocenters. The predicted octanol–water partition coefficient (Wildman–Crippen LogP) is 2.33. The highest BCUT2D eigenvalue weighted by Gasteiger charge is 2.04. The molecule has 0 fully saturated rings. The Morgan fingerprint density at radius 3 is 2.50 bits per heavy atom. The fourth-order valence-corrected chi connectivity index (χ4v) is 1.41. The summed E-state index contributed by atoms with van der Waals surface area (Å²) in [5.41, 5.74) is 0.828. The van der Waals surface area contributed by atoms with Gasteiger partial charge in [-0.25, -0.2) is 4.98 Å². The summed E-state index contributed by atoms with van der Waals surface area (Å²) in [6.45, 7) is 1.71. The molecule has 0 aliphatic carbocycles. The molecule has 0 aliphatic rings. The second-order valence-electron chi connectivity index (χ2n) is 3.73. The zero-order valence-electron chi connectivity index (χ0n) is 10.2. The number of methoxy groups -OCH3 is 1. The van der Waals surface area contributed by atoms with Crippen LogP contribution in [0.5, 0.6) is 17.6 Å². The summed E-state index contributed by atoms with van der Waals surface area (Å²) in [6, 6.07) is 8.96. The van der Waals surface area contributed by atoms with Gasteiger partial charge in [0.2, 0.25) is 5.88 Å². The van der Waals surface area contributed by atoms with E-state index in [2.05, 4.69) is 9.97 Å². The van der Waals surface area contributed by atoms with Gasteiger partial charge in [-0.2, -0.15) is 4.98 Å². The molecule has 2 rings (SSSR count). The van der Waals surface area contributed by atoms with Crippen molar-refractivity contribution in [3.8, 4) is 17.6 Å². The lowest BCUT2D eigenvalue weighted by atomic mass is 10.1. The van der Waals surface area contributed by atoms with Gasteiger partial charge in [0.05, 0.1) is 13.2 Å². The molecule has 0 amide bonds. The molecule has 0 saturated carbocycles. The Kier molecular flexibility index (Phi) is 3.74. The van der Waals surface area contributed by atoms with Crippen molar-refractivity contribution in [1.82, 2.24) is 9.97 Å². The monoisotopic (exact) mass is 246 g/mol. The lowest BCUT2D eigenvalue weighted by Gasteiger charge is -2.07. The topological polar surface area (TPSA) is 64.5 Å². The van der Waals surface area contributed by atoms with Crippen molar-refractivity contribution in [3.63, 3.8) is 0 Å². The van der Waals surface area contributed by atoms with Crippen LogP contribution in [0.2, 0.25) is 0 Å². The minimum Gasteiger partial charge on any atom is -0.481 e. The SMILES string of the molecule is COc1ccnc(Oc2ccc([C@@H](C)O)cc2)n1. The van der Waals surface area contributed by atoms with Gasteiger partial charge >= 0.3 is 6.01 Å². The van der Waals surface area contributed by atoms with Crippen LogP contribution in [0.1, 0.15) is 18.6 Å². The van der Waals surface area contributed by atoms with E-state index in [1.54, 1.807) is 43.5 Å². The highest BCUT2D eigenvalue weighted by atomic mass is 16.5. The Morgan fingerprint density at radius 2 is 1.89 bits per heavy atom. The Morgan fingerprint density at radius 1 is 1.17 bits per heavy atom. The van der Waals surface area contributed by atoms with E-state index >= 15 is 0 Å². The van der Waals surface area contributed by atoms with Crippen LogP contribution in [0, 0.1) is 0 Å². The summed E-state index contributed by atoms with van der Waals surface area (Å²) in [6.07, 6.45) is 1.07. The average Bonchev–Trinajstić information content (AvgIpc) is 2.39. The molecule has 2 aromatic rings. The molecule has 5 nitrogen and oxygen atoms in total. The van der Waals surface area contributed by atoms with E-state index in [9.17, 15) is 5.11 Å². The van der Waals surface area contributed by atoms with Crippen LogP contribution in [0.4, 0.5) is 0 Å². The molecule has 0 saturated heterocycles. The van der Waals surface area contributed by atoms with E-state index in [0.29, 0.717) is 11.6 Å². The molecular weight excluding hydrogens is 232 g/mol. The van der Waals surface area contributed by atoms with Crippen LogP contribution in [-0.4, -0.2) is 22.2 Å². The van der Waals surface area contributed by atoms with Crippen LogP contribution in [-0.2, 0) is 0 Å². The number of nitrogens with zero attached hydrogens (tertiary/aromatic N) is 2. The van der Waals surface area contributed by atoms with Crippen LogP contribution in [0.15, 0.2) is 36.5 Å². The van der Waals surface area contributed by atoms with Crippen LogP contribution in [0.25, 0.3) is 0 Å². The second kappa shape index (κ2) is 5.46. The van der Waals surface area contributed by atoms with E-state index in [-0.39, 0.29) is 6.01 Å². The van der Waals surface area contributed by atoms with Crippen molar-refractivity contribution in [2.75, 3.05) is 7.11 Å². The molecule has 0 spiro atoms. The quantitative estimate of drug-likeness (QED) is 0.896. The van der Waals surface area contributed by atoms with Crippen LogP contribution >= 0.6 is 0 Å². The summed E-state index contributed by atoms with van der Waals surface area (Å²) < 4.78 is 10.5. The lowest BCUT2D eigenvalue weighted by Crippen LogP contribution is -1.95. The van der Waals surface area contributed by atoms with Gasteiger partial charge in [-0.15, -0.1) is 0 Å². The van der Waals surface area contributed by atoms with Crippen LogP contribution in [0.3, 0.4) is 0 Å². The Bertz CT molecular complexity index is 512.